The van der Waals surface area contributed by atoms with Crippen LogP contribution < -0.4 is 0 Å². The van der Waals surface area contributed by atoms with Gasteiger partial charge in [0.05, 0.1) is 6.21 Å². The molecule has 2 heterocycles. The van der Waals surface area contributed by atoms with Gasteiger partial charge >= 0.3 is 6.18 Å². The molecule has 0 aliphatic rings. The summed E-state index contributed by atoms with van der Waals surface area (Å²) in [6.07, 6.45) is -3.50. The first kappa shape index (κ1) is 12.6. The lowest BCUT2D eigenvalue weighted by atomic mass is 10.4. The Labute approximate surface area is 104 Å². The van der Waals surface area contributed by atoms with Crippen LogP contribution in [0.2, 0.25) is 0 Å². The number of aromatic amines is 1. The van der Waals surface area contributed by atoms with Gasteiger partial charge in [-0.3, -0.25) is 0 Å². The van der Waals surface area contributed by atoms with Gasteiger partial charge in [-0.1, -0.05) is 0 Å². The topological polar surface area (TPSA) is 59.1 Å². The molecule has 5 nitrogen and oxygen atoms in total. The number of aromatic nitrogens is 3. The number of rotatable bonds is 2. The van der Waals surface area contributed by atoms with Gasteiger partial charge in [0.25, 0.3) is 5.82 Å². The predicted octanol–water partition coefficient (Wildman–Crippen LogP) is 2.74. The second-order valence-corrected chi connectivity index (χ2v) is 3.74. The summed E-state index contributed by atoms with van der Waals surface area (Å²) in [6, 6.07) is 3.25. The number of nitrogens with one attached hydrogen (secondary N) is 1. The molecule has 0 atom stereocenters. The van der Waals surface area contributed by atoms with Crippen LogP contribution in [0.5, 0.6) is 0 Å². The van der Waals surface area contributed by atoms with Crippen LogP contribution >= 0.6 is 12.2 Å². The Morgan fingerprint density at radius 1 is 1.50 bits per heavy atom. The highest BCUT2D eigenvalue weighted by atomic mass is 32.1. The normalized spacial score (nSPS) is 12.4. The summed E-state index contributed by atoms with van der Waals surface area (Å²) in [4.78, 5) is 0. The summed E-state index contributed by atoms with van der Waals surface area (Å²) in [5.41, 5.74) is 0. The molecule has 1 N–H and O–H groups in total. The van der Waals surface area contributed by atoms with E-state index in [0.29, 0.717) is 16.2 Å². The molecular weight excluding hydrogens is 269 g/mol. The molecule has 9 heteroatoms. The number of furan rings is 1. The second-order valence-electron chi connectivity index (χ2n) is 3.35. The molecule has 2 aromatic heterocycles. The van der Waals surface area contributed by atoms with Gasteiger partial charge in [-0.05, 0) is 31.3 Å². The first-order valence-electron chi connectivity index (χ1n) is 4.73. The first-order valence-corrected chi connectivity index (χ1v) is 5.14. The number of alkyl halides is 3. The third-order valence-electron chi connectivity index (χ3n) is 1.97. The fourth-order valence-corrected chi connectivity index (χ4v) is 1.40. The van der Waals surface area contributed by atoms with E-state index in [1.54, 1.807) is 19.1 Å². The maximum absolute atomic E-state index is 12.5. The minimum atomic E-state index is -4.63. The van der Waals surface area contributed by atoms with Crippen LogP contribution in [0.3, 0.4) is 0 Å². The van der Waals surface area contributed by atoms with Crippen LogP contribution in [-0.4, -0.2) is 21.1 Å². The highest BCUT2D eigenvalue weighted by Gasteiger charge is 2.37. The SMILES string of the molecule is Cc1ccc(/C=N\n2c(C(F)(F)F)n[nH]c2=S)o1. The van der Waals surface area contributed by atoms with E-state index in [1.165, 1.54) is 0 Å². The summed E-state index contributed by atoms with van der Waals surface area (Å²) in [7, 11) is 0. The highest BCUT2D eigenvalue weighted by molar-refractivity contribution is 7.71. The van der Waals surface area contributed by atoms with Crippen molar-refractivity contribution in [2.45, 2.75) is 13.1 Å². The molecule has 0 fully saturated rings. The van der Waals surface area contributed by atoms with E-state index in [1.807, 2.05) is 5.10 Å². The van der Waals surface area contributed by atoms with Crippen molar-refractivity contribution in [2.24, 2.45) is 5.10 Å². The molecule has 0 aliphatic carbocycles. The molecular formula is C9H7F3N4OS. The number of halogens is 3. The minimum Gasteiger partial charge on any atom is -0.460 e. The number of hydrogen-bond donors (Lipinski definition) is 1. The predicted molar refractivity (Wildman–Crippen MR) is 58.9 cm³/mol. The zero-order valence-electron chi connectivity index (χ0n) is 9.02. The van der Waals surface area contributed by atoms with E-state index in [9.17, 15) is 13.2 Å². The Balaban J connectivity index is 2.37. The Morgan fingerprint density at radius 2 is 2.22 bits per heavy atom. The lowest BCUT2D eigenvalue weighted by Gasteiger charge is -2.03. The van der Waals surface area contributed by atoms with Gasteiger partial charge in [-0.15, -0.1) is 5.10 Å². The lowest BCUT2D eigenvalue weighted by Crippen LogP contribution is -2.12. The molecule has 0 aliphatic heterocycles. The maximum atomic E-state index is 12.5. The second kappa shape index (κ2) is 4.41. The molecule has 0 aromatic carbocycles. The van der Waals surface area contributed by atoms with Gasteiger partial charge < -0.3 is 4.42 Å². The average molecular weight is 276 g/mol. The molecule has 0 bridgehead atoms. The molecule has 0 amide bonds. The summed E-state index contributed by atoms with van der Waals surface area (Å²) < 4.78 is 43.0. The van der Waals surface area contributed by atoms with Crippen LogP contribution in [-0.2, 0) is 6.18 Å². The van der Waals surface area contributed by atoms with Crippen molar-refractivity contribution in [3.8, 4) is 0 Å². The average Bonchev–Trinajstić information content (AvgIpc) is 2.81. The number of nitrogens with zero attached hydrogens (tertiary/aromatic N) is 3. The molecule has 96 valence electrons. The quantitative estimate of drug-likeness (QED) is 0.677. The highest BCUT2D eigenvalue weighted by Crippen LogP contribution is 2.27. The Hall–Kier alpha value is -1.90. The fraction of sp³-hybridized carbons (Fsp3) is 0.222. The smallest absolute Gasteiger partial charge is 0.453 e. The van der Waals surface area contributed by atoms with E-state index in [0.717, 1.165) is 6.21 Å². The summed E-state index contributed by atoms with van der Waals surface area (Å²) in [5, 5.41) is 8.71. The molecule has 2 aromatic rings. The van der Waals surface area contributed by atoms with Gasteiger partial charge in [0.15, 0.2) is 0 Å². The largest absolute Gasteiger partial charge is 0.460 e. The molecule has 0 saturated carbocycles. The number of hydrogen-bond acceptors (Lipinski definition) is 4. The molecule has 0 radical (unpaired) electrons. The summed E-state index contributed by atoms with van der Waals surface area (Å²) in [6.45, 7) is 1.71. The molecule has 0 spiro atoms. The van der Waals surface area contributed by atoms with Gasteiger partial charge in [0, 0.05) is 0 Å². The molecule has 18 heavy (non-hydrogen) atoms. The van der Waals surface area contributed by atoms with Crippen molar-refractivity contribution >= 4 is 18.4 Å². The number of H-pyrrole nitrogens is 1. The van der Waals surface area contributed by atoms with Gasteiger partial charge in [-0.25, -0.2) is 5.10 Å². The summed E-state index contributed by atoms with van der Waals surface area (Å²) >= 11 is 4.66. The van der Waals surface area contributed by atoms with E-state index in [2.05, 4.69) is 22.4 Å². The van der Waals surface area contributed by atoms with Crippen LogP contribution in [0.4, 0.5) is 13.2 Å². The van der Waals surface area contributed by atoms with Gasteiger partial charge in [-0.2, -0.15) is 22.9 Å². The third-order valence-corrected chi connectivity index (χ3v) is 2.23. The van der Waals surface area contributed by atoms with Crippen LogP contribution in [0.1, 0.15) is 17.3 Å². The Kier molecular flexibility index (Phi) is 3.07. The van der Waals surface area contributed by atoms with Gasteiger partial charge in [0.2, 0.25) is 4.77 Å². The standard InChI is InChI=1S/C9H7F3N4OS/c1-5-2-3-6(17-5)4-13-16-7(9(10,11)12)14-15-8(16)18/h2-4H,1H3,(H,15,18)/b13-4-. The van der Waals surface area contributed by atoms with Crippen LogP contribution in [0, 0.1) is 11.7 Å². The molecule has 0 unspecified atom stereocenters. The van der Waals surface area contributed by atoms with Crippen molar-refractivity contribution in [1.82, 2.24) is 14.9 Å². The van der Waals surface area contributed by atoms with E-state index < -0.39 is 12.0 Å². The van der Waals surface area contributed by atoms with Crippen molar-refractivity contribution in [1.29, 1.82) is 0 Å². The van der Waals surface area contributed by atoms with Crippen molar-refractivity contribution < 1.29 is 17.6 Å². The molecule has 2 rings (SSSR count). The van der Waals surface area contributed by atoms with Crippen LogP contribution in [0.25, 0.3) is 0 Å². The zero-order valence-corrected chi connectivity index (χ0v) is 9.84. The monoisotopic (exact) mass is 276 g/mol. The Morgan fingerprint density at radius 3 is 2.78 bits per heavy atom. The van der Waals surface area contributed by atoms with E-state index in [4.69, 9.17) is 4.42 Å². The first-order chi connectivity index (χ1) is 8.38. The minimum absolute atomic E-state index is 0.248. The number of aryl methyl sites for hydroxylation is 1. The van der Waals surface area contributed by atoms with Gasteiger partial charge in [0.1, 0.15) is 11.5 Å². The Bertz CT molecular complexity index is 637. The third kappa shape index (κ3) is 2.50. The maximum Gasteiger partial charge on any atom is 0.453 e. The van der Waals surface area contributed by atoms with Crippen LogP contribution in [0.15, 0.2) is 21.7 Å². The van der Waals surface area contributed by atoms with Crippen molar-refractivity contribution in [3.05, 3.63) is 34.2 Å². The van der Waals surface area contributed by atoms with Crippen molar-refractivity contribution in [3.63, 3.8) is 0 Å². The summed E-state index contributed by atoms with van der Waals surface area (Å²) in [5.74, 6) is -0.265. The van der Waals surface area contributed by atoms with E-state index in [-0.39, 0.29) is 4.77 Å². The zero-order chi connectivity index (χ0) is 13.3. The van der Waals surface area contributed by atoms with Crippen molar-refractivity contribution in [2.75, 3.05) is 0 Å². The fourth-order valence-electron chi connectivity index (χ4n) is 1.22. The molecule has 0 saturated heterocycles. The van der Waals surface area contributed by atoms with E-state index >= 15 is 0 Å². The lowest BCUT2D eigenvalue weighted by molar-refractivity contribution is -0.147.